The minimum atomic E-state index is -0.593. The van der Waals surface area contributed by atoms with Gasteiger partial charge in [0.05, 0.1) is 36.9 Å². The molecule has 8 nitrogen and oxygen atoms in total. The molecule has 1 aliphatic heterocycles. The lowest BCUT2D eigenvalue weighted by Gasteiger charge is -2.30. The van der Waals surface area contributed by atoms with Crippen molar-refractivity contribution in [3.8, 4) is 17.2 Å². The molecule has 1 aliphatic rings. The van der Waals surface area contributed by atoms with Crippen LogP contribution in [0.25, 0.3) is 11.0 Å². The number of methoxy groups -OCH3 is 2. The topological polar surface area (TPSA) is 94.8 Å². The molecule has 4 rings (SSSR count). The molecule has 1 atom stereocenters. The van der Waals surface area contributed by atoms with E-state index in [4.69, 9.17) is 14.2 Å². The molecular weight excluding hydrogens is 398 g/mol. The summed E-state index contributed by atoms with van der Waals surface area (Å²) in [7, 11) is 2.91. The van der Waals surface area contributed by atoms with E-state index in [1.54, 1.807) is 19.1 Å². The third kappa shape index (κ3) is 3.35. The molecular formula is C23H23N3O5. The number of imidazole rings is 1. The van der Waals surface area contributed by atoms with Gasteiger partial charge in [-0.25, -0.2) is 9.78 Å². The standard InChI is InChI=1S/C23H23N3O5/c1-5-10-31-22(28)19-13(2)24-23-25-15-8-6-7-9-16(15)26(23)20(19)14-11-17(29-3)21(27)18(12-14)30-4/h5-9,11-12,20,27H,1,10H2,2-4H3,(H,24,25). The zero-order chi connectivity index (χ0) is 22.1. The number of hydrogen-bond acceptors (Lipinski definition) is 7. The molecule has 2 aromatic carbocycles. The second-order valence-corrected chi connectivity index (χ2v) is 7.02. The Kier molecular flexibility index (Phi) is 5.29. The molecule has 1 unspecified atom stereocenters. The maximum absolute atomic E-state index is 13.1. The smallest absolute Gasteiger partial charge is 0.338 e. The van der Waals surface area contributed by atoms with Crippen molar-refractivity contribution in [1.82, 2.24) is 9.55 Å². The van der Waals surface area contributed by atoms with Gasteiger partial charge in [0.2, 0.25) is 11.7 Å². The zero-order valence-electron chi connectivity index (χ0n) is 17.5. The van der Waals surface area contributed by atoms with Gasteiger partial charge in [-0.05, 0) is 36.8 Å². The van der Waals surface area contributed by atoms with Gasteiger partial charge in [0.15, 0.2) is 11.5 Å². The minimum Gasteiger partial charge on any atom is -0.502 e. The molecule has 2 N–H and O–H groups in total. The molecule has 0 saturated heterocycles. The summed E-state index contributed by atoms with van der Waals surface area (Å²) < 4.78 is 18.0. The lowest BCUT2D eigenvalue weighted by molar-refractivity contribution is -0.138. The van der Waals surface area contributed by atoms with Crippen LogP contribution in [0.2, 0.25) is 0 Å². The maximum atomic E-state index is 13.1. The van der Waals surface area contributed by atoms with E-state index in [2.05, 4.69) is 16.9 Å². The fourth-order valence-electron chi connectivity index (χ4n) is 3.83. The van der Waals surface area contributed by atoms with E-state index in [0.29, 0.717) is 22.8 Å². The van der Waals surface area contributed by atoms with E-state index in [-0.39, 0.29) is 23.9 Å². The summed E-state index contributed by atoms with van der Waals surface area (Å²) in [5.74, 6) is 0.458. The van der Waals surface area contributed by atoms with Crippen LogP contribution in [0, 0.1) is 0 Å². The number of carbonyl (C=O) groups excluding carboxylic acids is 1. The van der Waals surface area contributed by atoms with Crippen LogP contribution < -0.4 is 14.8 Å². The van der Waals surface area contributed by atoms with Gasteiger partial charge >= 0.3 is 5.97 Å². The third-order valence-electron chi connectivity index (χ3n) is 5.20. The second kappa shape index (κ2) is 8.06. The normalized spacial score (nSPS) is 15.3. The van der Waals surface area contributed by atoms with Gasteiger partial charge in [-0.3, -0.25) is 4.57 Å². The number of allylic oxidation sites excluding steroid dienone is 1. The number of rotatable bonds is 6. The van der Waals surface area contributed by atoms with Crippen LogP contribution in [0.5, 0.6) is 17.2 Å². The average molecular weight is 421 g/mol. The van der Waals surface area contributed by atoms with Gasteiger partial charge in [0.1, 0.15) is 6.61 Å². The summed E-state index contributed by atoms with van der Waals surface area (Å²) in [5, 5.41) is 13.6. The van der Waals surface area contributed by atoms with E-state index in [9.17, 15) is 9.90 Å². The number of ether oxygens (including phenoxy) is 3. The third-order valence-corrected chi connectivity index (χ3v) is 5.20. The summed E-state index contributed by atoms with van der Waals surface area (Å²) in [5.41, 5.74) is 3.31. The van der Waals surface area contributed by atoms with E-state index in [0.717, 1.165) is 11.0 Å². The van der Waals surface area contributed by atoms with Crippen LogP contribution in [0.15, 0.2) is 60.3 Å². The van der Waals surface area contributed by atoms with Gasteiger partial charge in [0, 0.05) is 5.70 Å². The molecule has 0 radical (unpaired) electrons. The Hall–Kier alpha value is -3.94. The van der Waals surface area contributed by atoms with Crippen molar-refractivity contribution in [2.24, 2.45) is 0 Å². The molecule has 160 valence electrons. The Morgan fingerprint density at radius 2 is 1.94 bits per heavy atom. The van der Waals surface area contributed by atoms with Crippen LogP contribution >= 0.6 is 0 Å². The summed E-state index contributed by atoms with van der Waals surface area (Å²) in [6.07, 6.45) is 1.52. The van der Waals surface area contributed by atoms with Crippen LogP contribution in [0.3, 0.4) is 0 Å². The number of anilines is 1. The Morgan fingerprint density at radius 1 is 1.26 bits per heavy atom. The predicted octanol–water partition coefficient (Wildman–Crippen LogP) is 3.78. The van der Waals surface area contributed by atoms with Crippen molar-refractivity contribution in [2.75, 3.05) is 26.1 Å². The first-order chi connectivity index (χ1) is 15.0. The van der Waals surface area contributed by atoms with Gasteiger partial charge in [-0.2, -0.15) is 0 Å². The quantitative estimate of drug-likeness (QED) is 0.462. The summed E-state index contributed by atoms with van der Waals surface area (Å²) in [6, 6.07) is 10.4. The number of aromatic nitrogens is 2. The number of nitrogens with zero attached hydrogens (tertiary/aromatic N) is 2. The van der Waals surface area contributed by atoms with Gasteiger partial charge < -0.3 is 24.6 Å². The molecule has 0 aliphatic carbocycles. The number of fused-ring (bicyclic) bond motifs is 3. The van der Waals surface area contributed by atoms with Gasteiger partial charge in [-0.1, -0.05) is 24.8 Å². The highest BCUT2D eigenvalue weighted by Crippen LogP contribution is 2.45. The first-order valence-corrected chi connectivity index (χ1v) is 9.67. The first kappa shape index (κ1) is 20.3. The van der Waals surface area contributed by atoms with Crippen LogP contribution in [0.4, 0.5) is 5.95 Å². The Bertz CT molecular complexity index is 1190. The van der Waals surface area contributed by atoms with Crippen LogP contribution in [-0.2, 0) is 9.53 Å². The van der Waals surface area contributed by atoms with Gasteiger partial charge in [-0.15, -0.1) is 0 Å². The molecule has 8 heteroatoms. The molecule has 3 aromatic rings. The van der Waals surface area contributed by atoms with Crippen LogP contribution in [-0.4, -0.2) is 41.5 Å². The number of phenolic OH excluding ortho intramolecular Hbond substituents is 1. The highest BCUT2D eigenvalue weighted by molar-refractivity contribution is 5.94. The Morgan fingerprint density at radius 3 is 2.58 bits per heavy atom. The Balaban J connectivity index is 1.99. The molecule has 0 fully saturated rings. The second-order valence-electron chi connectivity index (χ2n) is 7.02. The van der Waals surface area contributed by atoms with E-state index in [1.807, 2.05) is 28.8 Å². The number of carbonyl (C=O) groups is 1. The van der Waals surface area contributed by atoms with E-state index < -0.39 is 12.0 Å². The summed E-state index contributed by atoms with van der Waals surface area (Å²) >= 11 is 0. The largest absolute Gasteiger partial charge is 0.502 e. The van der Waals surface area contributed by atoms with Crippen molar-refractivity contribution < 1.29 is 24.1 Å². The molecule has 0 amide bonds. The lowest BCUT2D eigenvalue weighted by Crippen LogP contribution is -2.29. The number of nitrogens with one attached hydrogen (secondary N) is 1. The SMILES string of the molecule is C=CCOC(=O)C1=C(C)Nc2nc3ccccc3n2C1c1cc(OC)c(O)c(OC)c1. The average Bonchev–Trinajstić information content (AvgIpc) is 3.14. The van der Waals surface area contributed by atoms with Crippen molar-refractivity contribution in [2.45, 2.75) is 13.0 Å². The molecule has 0 bridgehead atoms. The lowest BCUT2D eigenvalue weighted by atomic mass is 9.94. The maximum Gasteiger partial charge on any atom is 0.338 e. The van der Waals surface area contributed by atoms with Crippen molar-refractivity contribution >= 4 is 23.0 Å². The van der Waals surface area contributed by atoms with Crippen LogP contribution in [0.1, 0.15) is 18.5 Å². The number of benzene rings is 2. The molecule has 2 heterocycles. The predicted molar refractivity (Wildman–Crippen MR) is 117 cm³/mol. The highest BCUT2D eigenvalue weighted by atomic mass is 16.5. The Labute approximate surface area is 179 Å². The fourth-order valence-corrected chi connectivity index (χ4v) is 3.83. The summed E-state index contributed by atoms with van der Waals surface area (Å²) in [6.45, 7) is 5.50. The van der Waals surface area contributed by atoms with E-state index >= 15 is 0 Å². The summed E-state index contributed by atoms with van der Waals surface area (Å²) in [4.78, 5) is 17.8. The number of esters is 1. The number of para-hydroxylation sites is 2. The fraction of sp³-hybridized carbons (Fsp3) is 0.217. The number of aromatic hydroxyl groups is 1. The monoisotopic (exact) mass is 421 g/mol. The van der Waals surface area contributed by atoms with E-state index in [1.165, 1.54) is 20.3 Å². The minimum absolute atomic E-state index is 0.0854. The van der Waals surface area contributed by atoms with Crippen molar-refractivity contribution in [3.63, 3.8) is 0 Å². The molecule has 1 aromatic heterocycles. The highest BCUT2D eigenvalue weighted by Gasteiger charge is 2.36. The van der Waals surface area contributed by atoms with Gasteiger partial charge in [0.25, 0.3) is 0 Å². The molecule has 31 heavy (non-hydrogen) atoms. The first-order valence-electron chi connectivity index (χ1n) is 9.67. The molecule has 0 spiro atoms. The van der Waals surface area contributed by atoms with Crippen molar-refractivity contribution in [3.05, 3.63) is 65.9 Å². The number of hydrogen-bond donors (Lipinski definition) is 2. The zero-order valence-corrected chi connectivity index (χ0v) is 17.5. The number of phenols is 1. The molecule has 0 saturated carbocycles. The van der Waals surface area contributed by atoms with Crippen molar-refractivity contribution in [1.29, 1.82) is 0 Å².